The number of nitrogens with one attached hydrogen (secondary N) is 1. The second-order valence-corrected chi connectivity index (χ2v) is 9.20. The number of benzene rings is 2. The Bertz CT molecular complexity index is 783. The second-order valence-electron chi connectivity index (χ2n) is 9.20. The zero-order chi connectivity index (χ0) is 17.6. The number of anilines is 1. The lowest BCUT2D eigenvalue weighted by Gasteiger charge is -2.62. The molecule has 4 aliphatic rings. The Morgan fingerprint density at radius 1 is 0.885 bits per heavy atom. The minimum Gasteiger partial charge on any atom is -0.326 e. The Kier molecular flexibility index (Phi) is 3.70. The molecule has 2 nitrogen and oxygen atoms in total. The largest absolute Gasteiger partial charge is 0.326 e. The highest BCUT2D eigenvalue weighted by Gasteiger charge is 2.58. The molecular formula is C24H27NO. The maximum absolute atomic E-state index is 12.8. The first-order valence-corrected chi connectivity index (χ1v) is 10.1. The Hall–Kier alpha value is -2.09. The van der Waals surface area contributed by atoms with Crippen molar-refractivity contribution in [3.05, 3.63) is 66.2 Å². The summed E-state index contributed by atoms with van der Waals surface area (Å²) in [5.74, 6) is 1.81. The Morgan fingerprint density at radius 3 is 2.15 bits per heavy atom. The van der Waals surface area contributed by atoms with Gasteiger partial charge in [-0.1, -0.05) is 48.5 Å². The van der Waals surface area contributed by atoms with E-state index in [1.54, 1.807) is 0 Å². The molecule has 0 aromatic heterocycles. The molecule has 0 aliphatic heterocycles. The number of amides is 1. The summed E-state index contributed by atoms with van der Waals surface area (Å²) in [7, 11) is 0. The number of hydrogen-bond acceptors (Lipinski definition) is 1. The van der Waals surface area contributed by atoms with E-state index in [-0.39, 0.29) is 11.3 Å². The molecule has 26 heavy (non-hydrogen) atoms. The topological polar surface area (TPSA) is 29.1 Å². The van der Waals surface area contributed by atoms with E-state index < -0.39 is 0 Å². The molecule has 2 aromatic carbocycles. The Balaban J connectivity index is 1.40. The third-order valence-corrected chi connectivity index (χ3v) is 7.16. The van der Waals surface area contributed by atoms with Crippen LogP contribution in [0.25, 0.3) is 0 Å². The van der Waals surface area contributed by atoms with Gasteiger partial charge in [-0.2, -0.15) is 0 Å². The van der Waals surface area contributed by atoms with Crippen molar-refractivity contribution >= 4 is 11.6 Å². The van der Waals surface area contributed by atoms with Gasteiger partial charge in [0.05, 0.1) is 0 Å². The predicted molar refractivity (Wildman–Crippen MR) is 105 cm³/mol. The average Bonchev–Trinajstić information content (AvgIpc) is 2.61. The minimum absolute atomic E-state index is 0.196. The highest BCUT2D eigenvalue weighted by Crippen LogP contribution is 2.66. The fraction of sp³-hybridized carbons (Fsp3) is 0.458. The summed E-state index contributed by atoms with van der Waals surface area (Å²) in [5, 5.41) is 3.13. The lowest BCUT2D eigenvalue weighted by Crippen LogP contribution is -2.54. The first-order chi connectivity index (χ1) is 12.6. The van der Waals surface area contributed by atoms with Crippen LogP contribution in [0.5, 0.6) is 0 Å². The van der Waals surface area contributed by atoms with Crippen molar-refractivity contribution < 1.29 is 4.79 Å². The lowest BCUT2D eigenvalue weighted by atomic mass is 9.42. The summed E-state index contributed by atoms with van der Waals surface area (Å²) >= 11 is 0. The summed E-state index contributed by atoms with van der Waals surface area (Å²) in [4.78, 5) is 12.8. The van der Waals surface area contributed by atoms with E-state index in [1.807, 2.05) is 30.3 Å². The highest BCUT2D eigenvalue weighted by atomic mass is 16.1. The van der Waals surface area contributed by atoms with Gasteiger partial charge in [-0.05, 0) is 78.9 Å². The summed E-state index contributed by atoms with van der Waals surface area (Å²) in [6.45, 7) is 0. The maximum Gasteiger partial charge on any atom is 0.224 e. The first-order valence-electron chi connectivity index (χ1n) is 10.1. The standard InChI is InChI=1S/C24H27NO/c26-22(25-21-9-5-2-6-10-21)16-23-12-18-11-19(13-23)15-24(14-18,17-23)20-7-3-1-4-8-20/h1-10,18-19H,11-17H2,(H,25,26). The van der Waals surface area contributed by atoms with Gasteiger partial charge < -0.3 is 5.32 Å². The number of carbonyl (C=O) groups is 1. The van der Waals surface area contributed by atoms with E-state index in [4.69, 9.17) is 0 Å². The zero-order valence-corrected chi connectivity index (χ0v) is 15.3. The van der Waals surface area contributed by atoms with E-state index in [1.165, 1.54) is 44.1 Å². The van der Waals surface area contributed by atoms with Crippen LogP contribution in [0.3, 0.4) is 0 Å². The van der Waals surface area contributed by atoms with Crippen LogP contribution in [-0.2, 0) is 10.2 Å². The summed E-state index contributed by atoms with van der Waals surface area (Å²) in [6, 6.07) is 21.0. The SMILES string of the molecule is O=C(CC12CC3CC(C1)CC(c1ccccc1)(C3)C2)Nc1ccccc1. The third-order valence-electron chi connectivity index (χ3n) is 7.16. The van der Waals surface area contributed by atoms with Gasteiger partial charge in [0, 0.05) is 12.1 Å². The Labute approximate surface area is 156 Å². The quantitative estimate of drug-likeness (QED) is 0.773. The van der Waals surface area contributed by atoms with Gasteiger partial charge in [-0.25, -0.2) is 0 Å². The average molecular weight is 345 g/mol. The fourth-order valence-electron chi connectivity index (χ4n) is 6.86. The number of para-hydroxylation sites is 1. The molecule has 0 spiro atoms. The molecule has 2 aromatic rings. The molecule has 6 rings (SSSR count). The van der Waals surface area contributed by atoms with Crippen molar-refractivity contribution in [2.45, 2.75) is 50.4 Å². The van der Waals surface area contributed by atoms with Crippen LogP contribution in [0, 0.1) is 17.3 Å². The van der Waals surface area contributed by atoms with Gasteiger partial charge in [0.2, 0.25) is 5.91 Å². The molecule has 4 bridgehead atoms. The van der Waals surface area contributed by atoms with Crippen LogP contribution in [0.2, 0.25) is 0 Å². The maximum atomic E-state index is 12.8. The van der Waals surface area contributed by atoms with Gasteiger partial charge in [0.25, 0.3) is 0 Å². The molecular weight excluding hydrogens is 318 g/mol. The molecule has 0 saturated heterocycles. The molecule has 1 N–H and O–H groups in total. The van der Waals surface area contributed by atoms with Crippen molar-refractivity contribution in [2.75, 3.05) is 5.32 Å². The molecule has 4 saturated carbocycles. The summed E-state index contributed by atoms with van der Waals surface area (Å²) in [6.07, 6.45) is 8.42. The number of rotatable bonds is 4. The normalized spacial score (nSPS) is 34.6. The molecule has 2 unspecified atom stereocenters. The van der Waals surface area contributed by atoms with Crippen molar-refractivity contribution in [3.63, 3.8) is 0 Å². The molecule has 134 valence electrons. The zero-order valence-electron chi connectivity index (χ0n) is 15.3. The van der Waals surface area contributed by atoms with Gasteiger partial charge in [0.15, 0.2) is 0 Å². The van der Waals surface area contributed by atoms with Crippen LogP contribution < -0.4 is 5.32 Å². The molecule has 4 aliphatic carbocycles. The number of carbonyl (C=O) groups excluding carboxylic acids is 1. The van der Waals surface area contributed by atoms with Crippen molar-refractivity contribution in [1.29, 1.82) is 0 Å². The molecule has 2 atom stereocenters. The van der Waals surface area contributed by atoms with Gasteiger partial charge in [0.1, 0.15) is 0 Å². The predicted octanol–water partition coefficient (Wildman–Crippen LogP) is 5.55. The van der Waals surface area contributed by atoms with E-state index in [9.17, 15) is 4.79 Å². The number of hydrogen-bond donors (Lipinski definition) is 1. The van der Waals surface area contributed by atoms with Crippen molar-refractivity contribution in [3.8, 4) is 0 Å². The van der Waals surface area contributed by atoms with E-state index in [0.717, 1.165) is 17.5 Å². The molecule has 0 heterocycles. The summed E-state index contributed by atoms with van der Waals surface area (Å²) in [5.41, 5.74) is 2.96. The first kappa shape index (κ1) is 16.1. The lowest BCUT2D eigenvalue weighted by molar-refractivity contribution is -0.126. The molecule has 1 amide bonds. The summed E-state index contributed by atoms with van der Waals surface area (Å²) < 4.78 is 0. The molecule has 4 fully saturated rings. The Morgan fingerprint density at radius 2 is 1.50 bits per heavy atom. The minimum atomic E-state index is 0.196. The third kappa shape index (κ3) is 2.76. The van der Waals surface area contributed by atoms with Crippen LogP contribution in [-0.4, -0.2) is 5.91 Å². The van der Waals surface area contributed by atoms with E-state index in [2.05, 4.69) is 35.6 Å². The van der Waals surface area contributed by atoms with Crippen molar-refractivity contribution in [2.24, 2.45) is 17.3 Å². The van der Waals surface area contributed by atoms with Gasteiger partial charge in [-0.15, -0.1) is 0 Å². The van der Waals surface area contributed by atoms with Crippen LogP contribution in [0.15, 0.2) is 60.7 Å². The highest BCUT2D eigenvalue weighted by molar-refractivity contribution is 5.91. The van der Waals surface area contributed by atoms with Crippen LogP contribution in [0.1, 0.15) is 50.5 Å². The van der Waals surface area contributed by atoms with Crippen molar-refractivity contribution in [1.82, 2.24) is 0 Å². The van der Waals surface area contributed by atoms with Gasteiger partial charge in [-0.3, -0.25) is 4.79 Å². The van der Waals surface area contributed by atoms with Crippen LogP contribution in [0.4, 0.5) is 5.69 Å². The smallest absolute Gasteiger partial charge is 0.224 e. The van der Waals surface area contributed by atoms with Gasteiger partial charge >= 0.3 is 0 Å². The fourth-order valence-corrected chi connectivity index (χ4v) is 6.86. The van der Waals surface area contributed by atoms with E-state index in [0.29, 0.717) is 11.8 Å². The van der Waals surface area contributed by atoms with E-state index >= 15 is 0 Å². The van der Waals surface area contributed by atoms with Crippen LogP contribution >= 0.6 is 0 Å². The monoisotopic (exact) mass is 345 g/mol. The second kappa shape index (κ2) is 5.97. The molecule has 2 heteroatoms. The molecule has 0 radical (unpaired) electrons.